The van der Waals surface area contributed by atoms with Crippen LogP contribution in [0.4, 0.5) is 0 Å². The standard InChI is InChI=1S/C11H12N2O/c14-10-7-13-6-5-8-3-1-2-4-9(8)11(13)12-10/h1-4,11H,5-7H2,(H,12,14). The number of carbonyl (C=O) groups excluding carboxylic acids is 1. The lowest BCUT2D eigenvalue weighted by Crippen LogP contribution is -2.34. The molecule has 1 aromatic rings. The molecule has 72 valence electrons. The van der Waals surface area contributed by atoms with Crippen molar-refractivity contribution in [1.29, 1.82) is 0 Å². The largest absolute Gasteiger partial charge is 0.335 e. The van der Waals surface area contributed by atoms with Crippen molar-refractivity contribution in [2.45, 2.75) is 12.6 Å². The van der Waals surface area contributed by atoms with E-state index in [4.69, 9.17) is 0 Å². The van der Waals surface area contributed by atoms with Crippen LogP contribution in [-0.4, -0.2) is 23.9 Å². The van der Waals surface area contributed by atoms with Crippen molar-refractivity contribution in [2.24, 2.45) is 0 Å². The van der Waals surface area contributed by atoms with Gasteiger partial charge >= 0.3 is 0 Å². The lowest BCUT2D eigenvalue weighted by atomic mass is 9.98. The fraction of sp³-hybridized carbons (Fsp3) is 0.364. The van der Waals surface area contributed by atoms with E-state index in [2.05, 4.69) is 28.4 Å². The first-order valence-electron chi connectivity index (χ1n) is 4.96. The van der Waals surface area contributed by atoms with E-state index in [-0.39, 0.29) is 12.1 Å². The zero-order valence-corrected chi connectivity index (χ0v) is 7.86. The van der Waals surface area contributed by atoms with Crippen LogP contribution in [0.2, 0.25) is 0 Å². The summed E-state index contributed by atoms with van der Waals surface area (Å²) < 4.78 is 0. The topological polar surface area (TPSA) is 32.3 Å². The molecule has 1 aromatic carbocycles. The van der Waals surface area contributed by atoms with E-state index in [9.17, 15) is 4.79 Å². The number of hydrogen-bond acceptors (Lipinski definition) is 2. The van der Waals surface area contributed by atoms with Gasteiger partial charge in [0.1, 0.15) is 6.17 Å². The number of rotatable bonds is 0. The second kappa shape index (κ2) is 2.82. The molecule has 1 amide bonds. The highest BCUT2D eigenvalue weighted by atomic mass is 16.2. The maximum atomic E-state index is 11.3. The summed E-state index contributed by atoms with van der Waals surface area (Å²) >= 11 is 0. The van der Waals surface area contributed by atoms with Crippen LogP contribution in [0.15, 0.2) is 24.3 Å². The van der Waals surface area contributed by atoms with E-state index >= 15 is 0 Å². The first kappa shape index (κ1) is 8.00. The molecule has 1 N–H and O–H groups in total. The smallest absolute Gasteiger partial charge is 0.235 e. The molecule has 2 aliphatic heterocycles. The molecule has 1 saturated heterocycles. The highest BCUT2D eigenvalue weighted by Gasteiger charge is 2.34. The summed E-state index contributed by atoms with van der Waals surface area (Å²) in [5, 5.41) is 3.00. The molecule has 0 spiro atoms. The quantitative estimate of drug-likeness (QED) is 0.649. The maximum absolute atomic E-state index is 11.3. The van der Waals surface area contributed by atoms with Gasteiger partial charge in [-0.15, -0.1) is 0 Å². The second-order valence-corrected chi connectivity index (χ2v) is 3.89. The number of hydrogen-bond donors (Lipinski definition) is 1. The molecule has 0 aromatic heterocycles. The third-order valence-corrected chi connectivity index (χ3v) is 3.03. The Hall–Kier alpha value is -1.35. The number of carbonyl (C=O) groups is 1. The van der Waals surface area contributed by atoms with Crippen LogP contribution in [0.5, 0.6) is 0 Å². The molecule has 0 bridgehead atoms. The predicted molar refractivity (Wildman–Crippen MR) is 52.6 cm³/mol. The van der Waals surface area contributed by atoms with Crippen LogP contribution in [0.1, 0.15) is 17.3 Å². The number of nitrogens with one attached hydrogen (secondary N) is 1. The molecule has 0 aliphatic carbocycles. The van der Waals surface area contributed by atoms with E-state index in [0.29, 0.717) is 6.54 Å². The van der Waals surface area contributed by atoms with Crippen molar-refractivity contribution < 1.29 is 4.79 Å². The van der Waals surface area contributed by atoms with E-state index in [0.717, 1.165) is 13.0 Å². The van der Waals surface area contributed by atoms with Crippen molar-refractivity contribution in [1.82, 2.24) is 10.2 Å². The fourth-order valence-corrected chi connectivity index (χ4v) is 2.34. The van der Waals surface area contributed by atoms with Crippen molar-refractivity contribution in [2.75, 3.05) is 13.1 Å². The molecule has 0 radical (unpaired) electrons. The average Bonchev–Trinajstić information content (AvgIpc) is 2.59. The van der Waals surface area contributed by atoms with Gasteiger partial charge in [0.15, 0.2) is 0 Å². The van der Waals surface area contributed by atoms with Gasteiger partial charge in [-0.3, -0.25) is 9.69 Å². The van der Waals surface area contributed by atoms with Crippen LogP contribution in [0, 0.1) is 0 Å². The van der Waals surface area contributed by atoms with Crippen LogP contribution in [0.3, 0.4) is 0 Å². The van der Waals surface area contributed by atoms with Gasteiger partial charge in [0, 0.05) is 6.54 Å². The minimum absolute atomic E-state index is 0.132. The highest BCUT2D eigenvalue weighted by Crippen LogP contribution is 2.29. The van der Waals surface area contributed by atoms with Crippen molar-refractivity contribution >= 4 is 5.91 Å². The van der Waals surface area contributed by atoms with Crippen LogP contribution in [-0.2, 0) is 11.2 Å². The van der Waals surface area contributed by atoms with E-state index in [1.807, 2.05) is 6.07 Å². The van der Waals surface area contributed by atoms with Gasteiger partial charge in [-0.1, -0.05) is 24.3 Å². The summed E-state index contributed by atoms with van der Waals surface area (Å²) in [5.41, 5.74) is 2.64. The Morgan fingerprint density at radius 3 is 3.14 bits per heavy atom. The van der Waals surface area contributed by atoms with Crippen molar-refractivity contribution in [3.05, 3.63) is 35.4 Å². The zero-order chi connectivity index (χ0) is 9.54. The summed E-state index contributed by atoms with van der Waals surface area (Å²) in [5.74, 6) is 0.145. The second-order valence-electron chi connectivity index (χ2n) is 3.89. The minimum Gasteiger partial charge on any atom is -0.335 e. The Kier molecular flexibility index (Phi) is 1.61. The summed E-state index contributed by atoms with van der Waals surface area (Å²) in [6.07, 6.45) is 1.19. The monoisotopic (exact) mass is 188 g/mol. The molecular formula is C11H12N2O. The Labute approximate surface area is 82.7 Å². The van der Waals surface area contributed by atoms with Gasteiger partial charge in [-0.25, -0.2) is 0 Å². The number of fused-ring (bicyclic) bond motifs is 3. The Morgan fingerprint density at radius 2 is 2.21 bits per heavy atom. The number of nitrogens with zero attached hydrogens (tertiary/aromatic N) is 1. The van der Waals surface area contributed by atoms with Gasteiger partial charge in [-0.05, 0) is 17.5 Å². The van der Waals surface area contributed by atoms with Gasteiger partial charge in [0.25, 0.3) is 0 Å². The van der Waals surface area contributed by atoms with E-state index in [1.54, 1.807) is 0 Å². The first-order valence-corrected chi connectivity index (χ1v) is 4.96. The molecule has 14 heavy (non-hydrogen) atoms. The molecule has 1 atom stereocenters. The fourth-order valence-electron chi connectivity index (χ4n) is 2.34. The lowest BCUT2D eigenvalue weighted by molar-refractivity contribution is -0.118. The predicted octanol–water partition coefficient (Wildman–Crippen LogP) is 0.673. The Bertz CT molecular complexity index is 389. The summed E-state index contributed by atoms with van der Waals surface area (Å²) in [4.78, 5) is 13.5. The maximum Gasteiger partial charge on any atom is 0.235 e. The lowest BCUT2D eigenvalue weighted by Gasteiger charge is -2.30. The highest BCUT2D eigenvalue weighted by molar-refractivity contribution is 5.81. The summed E-state index contributed by atoms with van der Waals surface area (Å²) in [6, 6.07) is 8.35. The van der Waals surface area contributed by atoms with E-state index in [1.165, 1.54) is 11.1 Å². The SMILES string of the molecule is O=C1CN2CCc3ccccc3C2N1. The number of amides is 1. The third kappa shape index (κ3) is 1.06. The molecule has 2 heterocycles. The molecule has 1 fully saturated rings. The third-order valence-electron chi connectivity index (χ3n) is 3.03. The van der Waals surface area contributed by atoms with Gasteiger partial charge in [0.2, 0.25) is 5.91 Å². The van der Waals surface area contributed by atoms with E-state index < -0.39 is 0 Å². The van der Waals surface area contributed by atoms with Gasteiger partial charge in [-0.2, -0.15) is 0 Å². The molecule has 3 heteroatoms. The van der Waals surface area contributed by atoms with Gasteiger partial charge in [0.05, 0.1) is 6.54 Å². The van der Waals surface area contributed by atoms with Crippen LogP contribution < -0.4 is 5.32 Å². The van der Waals surface area contributed by atoms with Crippen LogP contribution >= 0.6 is 0 Å². The first-order chi connectivity index (χ1) is 6.84. The molecule has 0 saturated carbocycles. The van der Waals surface area contributed by atoms with Crippen molar-refractivity contribution in [3.8, 4) is 0 Å². The molecular weight excluding hydrogens is 176 g/mol. The minimum atomic E-state index is 0.132. The Balaban J connectivity index is 2.05. The number of benzene rings is 1. The van der Waals surface area contributed by atoms with Crippen molar-refractivity contribution in [3.63, 3.8) is 0 Å². The van der Waals surface area contributed by atoms with Crippen LogP contribution in [0.25, 0.3) is 0 Å². The van der Waals surface area contributed by atoms with Gasteiger partial charge < -0.3 is 5.32 Å². The summed E-state index contributed by atoms with van der Waals surface area (Å²) in [6.45, 7) is 1.54. The molecule has 2 aliphatic rings. The zero-order valence-electron chi connectivity index (χ0n) is 7.86. The average molecular weight is 188 g/mol. The molecule has 1 unspecified atom stereocenters. The molecule has 3 rings (SSSR count). The summed E-state index contributed by atoms with van der Waals surface area (Å²) in [7, 11) is 0. The Morgan fingerprint density at radius 1 is 1.36 bits per heavy atom. The molecule has 3 nitrogen and oxygen atoms in total. The normalized spacial score (nSPS) is 25.4.